The fourth-order valence-corrected chi connectivity index (χ4v) is 4.34. The molecule has 1 aromatic heterocycles. The second-order valence-electron chi connectivity index (χ2n) is 9.27. The molecule has 1 aliphatic rings. The Morgan fingerprint density at radius 2 is 1.34 bits per heavy atom. The van der Waals surface area contributed by atoms with Gasteiger partial charge in [0.25, 0.3) is 0 Å². The molecule has 240 valence electrons. The Labute approximate surface area is 251 Å². The van der Waals surface area contributed by atoms with Crippen LogP contribution in [0.5, 0.6) is 17.2 Å². The summed E-state index contributed by atoms with van der Waals surface area (Å²) in [7, 11) is 4.23. The number of esters is 5. The number of methoxy groups -OCH3 is 3. The minimum Gasteiger partial charge on any atom is -0.493 e. The first-order chi connectivity index (χ1) is 20.9. The van der Waals surface area contributed by atoms with E-state index in [4.69, 9.17) is 42.6 Å². The largest absolute Gasteiger partial charge is 0.493 e. The number of ether oxygens (including phenoxy) is 9. The monoisotopic (exact) mass is 623 g/mol. The molecule has 0 amide bonds. The topological polar surface area (TPSA) is 199 Å². The van der Waals surface area contributed by atoms with Crippen LogP contribution in [0.25, 0.3) is 0 Å². The molecule has 44 heavy (non-hydrogen) atoms. The van der Waals surface area contributed by atoms with Crippen molar-refractivity contribution in [2.45, 2.75) is 64.9 Å². The molecular formula is C27H33N3O14. The SMILES string of the molecule is COc1cc(C(=O)OCc2cn([C@@H]3O[C@H](COC(C)=O)[C@@H](OC(C)=O)[C@H](OC(C)=O)[C@H]3OC(C)=O)nn2)cc(OC)c1OC. The van der Waals surface area contributed by atoms with Crippen LogP contribution in [0, 0.1) is 0 Å². The zero-order valence-corrected chi connectivity index (χ0v) is 25.1. The lowest BCUT2D eigenvalue weighted by atomic mass is 9.97. The highest BCUT2D eigenvalue weighted by Gasteiger charge is 2.53. The molecule has 5 atom stereocenters. The average molecular weight is 624 g/mol. The lowest BCUT2D eigenvalue weighted by molar-refractivity contribution is -0.270. The van der Waals surface area contributed by atoms with E-state index in [-0.39, 0.29) is 29.4 Å². The van der Waals surface area contributed by atoms with Crippen LogP contribution in [0.1, 0.15) is 50.0 Å². The molecule has 0 spiro atoms. The lowest BCUT2D eigenvalue weighted by Crippen LogP contribution is -2.60. The Bertz CT molecular complexity index is 1350. The molecule has 0 unspecified atom stereocenters. The summed E-state index contributed by atoms with van der Waals surface area (Å²) in [6, 6.07) is 2.83. The van der Waals surface area contributed by atoms with Crippen LogP contribution in [-0.4, -0.2) is 97.2 Å². The lowest BCUT2D eigenvalue weighted by Gasteiger charge is -2.44. The Balaban J connectivity index is 1.89. The second-order valence-corrected chi connectivity index (χ2v) is 9.27. The molecule has 17 nitrogen and oxygen atoms in total. The molecule has 0 radical (unpaired) electrons. The number of carbonyl (C=O) groups excluding carboxylic acids is 5. The number of hydrogen-bond acceptors (Lipinski definition) is 16. The van der Waals surface area contributed by atoms with Crippen molar-refractivity contribution in [3.8, 4) is 17.2 Å². The predicted molar refractivity (Wildman–Crippen MR) is 142 cm³/mol. The van der Waals surface area contributed by atoms with E-state index in [1.807, 2.05) is 0 Å². The number of aromatic nitrogens is 3. The Morgan fingerprint density at radius 1 is 0.773 bits per heavy atom. The molecule has 0 bridgehead atoms. The van der Waals surface area contributed by atoms with Gasteiger partial charge in [-0.15, -0.1) is 5.10 Å². The van der Waals surface area contributed by atoms with Crippen molar-refractivity contribution >= 4 is 29.8 Å². The molecule has 1 saturated heterocycles. The van der Waals surface area contributed by atoms with Gasteiger partial charge in [-0.3, -0.25) is 19.2 Å². The minimum atomic E-state index is -1.40. The van der Waals surface area contributed by atoms with Crippen molar-refractivity contribution in [3.63, 3.8) is 0 Å². The third-order valence-electron chi connectivity index (χ3n) is 6.04. The average Bonchev–Trinajstić information content (AvgIpc) is 3.44. The van der Waals surface area contributed by atoms with Gasteiger partial charge in [0.1, 0.15) is 25.0 Å². The normalized spacial score (nSPS) is 20.9. The summed E-state index contributed by atoms with van der Waals surface area (Å²) in [5.74, 6) is -2.95. The van der Waals surface area contributed by atoms with Crippen LogP contribution < -0.4 is 14.2 Å². The second kappa shape index (κ2) is 15.0. The zero-order chi connectivity index (χ0) is 32.6. The molecule has 0 saturated carbocycles. The van der Waals surface area contributed by atoms with E-state index in [0.29, 0.717) is 5.75 Å². The van der Waals surface area contributed by atoms with Crippen molar-refractivity contribution in [3.05, 3.63) is 29.6 Å². The molecule has 1 aliphatic heterocycles. The Morgan fingerprint density at radius 3 is 1.86 bits per heavy atom. The first kappa shape index (κ1) is 33.6. The standard InChI is InChI=1S/C27H33N3O14/c1-13(31)39-12-21-23(41-14(2)32)24(42-15(3)33)25(43-16(4)34)26(44-21)30-10-18(28-29-30)11-40-27(35)17-8-19(36-5)22(38-7)20(9-17)37-6/h8-10,21,23-26H,11-12H2,1-7H3/t21-,23-,24+,25-,26-/m1/s1. The zero-order valence-electron chi connectivity index (χ0n) is 25.1. The van der Waals surface area contributed by atoms with E-state index in [9.17, 15) is 24.0 Å². The quantitative estimate of drug-likeness (QED) is 0.238. The summed E-state index contributed by atoms with van der Waals surface area (Å²) in [6.45, 7) is 3.74. The maximum absolute atomic E-state index is 12.8. The molecular weight excluding hydrogens is 590 g/mol. The fraction of sp³-hybridized carbons (Fsp3) is 0.519. The van der Waals surface area contributed by atoms with E-state index in [1.165, 1.54) is 39.7 Å². The maximum atomic E-state index is 12.8. The van der Waals surface area contributed by atoms with Gasteiger partial charge in [0.2, 0.25) is 5.75 Å². The van der Waals surface area contributed by atoms with Gasteiger partial charge in [-0.25, -0.2) is 9.48 Å². The van der Waals surface area contributed by atoms with Crippen molar-refractivity contribution in [2.24, 2.45) is 0 Å². The van der Waals surface area contributed by atoms with E-state index < -0.39 is 67.1 Å². The van der Waals surface area contributed by atoms with Crippen molar-refractivity contribution < 1.29 is 66.6 Å². The molecule has 1 aromatic carbocycles. The van der Waals surface area contributed by atoms with Gasteiger partial charge in [-0.2, -0.15) is 0 Å². The molecule has 2 heterocycles. The Kier molecular flexibility index (Phi) is 11.4. The summed E-state index contributed by atoms with van der Waals surface area (Å²) in [4.78, 5) is 60.4. The van der Waals surface area contributed by atoms with Crippen molar-refractivity contribution in [1.82, 2.24) is 15.0 Å². The van der Waals surface area contributed by atoms with Crippen LogP contribution in [0.2, 0.25) is 0 Å². The Hall–Kier alpha value is -4.93. The minimum absolute atomic E-state index is 0.103. The number of rotatable bonds is 12. The number of hydrogen-bond donors (Lipinski definition) is 0. The summed E-state index contributed by atoms with van der Waals surface area (Å²) < 4.78 is 49.6. The smallest absolute Gasteiger partial charge is 0.338 e. The maximum Gasteiger partial charge on any atom is 0.338 e. The van der Waals surface area contributed by atoms with Crippen LogP contribution in [0.15, 0.2) is 18.3 Å². The van der Waals surface area contributed by atoms with Gasteiger partial charge in [0.05, 0.1) is 33.1 Å². The van der Waals surface area contributed by atoms with E-state index >= 15 is 0 Å². The first-order valence-electron chi connectivity index (χ1n) is 13.1. The van der Waals surface area contributed by atoms with Crippen LogP contribution in [-0.2, 0) is 54.2 Å². The van der Waals surface area contributed by atoms with Gasteiger partial charge in [-0.05, 0) is 12.1 Å². The fourth-order valence-electron chi connectivity index (χ4n) is 4.34. The number of benzene rings is 1. The summed E-state index contributed by atoms with van der Waals surface area (Å²) >= 11 is 0. The summed E-state index contributed by atoms with van der Waals surface area (Å²) in [5.41, 5.74) is 0.255. The van der Waals surface area contributed by atoms with Crippen molar-refractivity contribution in [1.29, 1.82) is 0 Å². The molecule has 0 N–H and O–H groups in total. The molecule has 2 aromatic rings. The van der Waals surface area contributed by atoms with Crippen LogP contribution >= 0.6 is 0 Å². The third kappa shape index (κ3) is 8.33. The summed E-state index contributed by atoms with van der Waals surface area (Å²) in [5, 5.41) is 7.99. The van der Waals surface area contributed by atoms with Gasteiger partial charge in [0.15, 0.2) is 36.0 Å². The molecule has 0 aliphatic carbocycles. The highest BCUT2D eigenvalue weighted by Crippen LogP contribution is 2.38. The van der Waals surface area contributed by atoms with Gasteiger partial charge < -0.3 is 42.6 Å². The van der Waals surface area contributed by atoms with Crippen LogP contribution in [0.3, 0.4) is 0 Å². The van der Waals surface area contributed by atoms with E-state index in [2.05, 4.69) is 10.3 Å². The van der Waals surface area contributed by atoms with Gasteiger partial charge in [-0.1, -0.05) is 5.21 Å². The number of nitrogens with zero attached hydrogens (tertiary/aromatic N) is 3. The van der Waals surface area contributed by atoms with Gasteiger partial charge >= 0.3 is 29.8 Å². The summed E-state index contributed by atoms with van der Waals surface area (Å²) in [6.07, 6.45) is -5.30. The number of carbonyl (C=O) groups is 5. The molecule has 1 fully saturated rings. The molecule has 17 heteroatoms. The van der Waals surface area contributed by atoms with Crippen LogP contribution in [0.4, 0.5) is 0 Å². The van der Waals surface area contributed by atoms with E-state index in [0.717, 1.165) is 32.4 Å². The highest BCUT2D eigenvalue weighted by molar-refractivity contribution is 5.91. The predicted octanol–water partition coefficient (Wildman–Crippen LogP) is 0.917. The third-order valence-corrected chi connectivity index (χ3v) is 6.04. The van der Waals surface area contributed by atoms with E-state index in [1.54, 1.807) is 0 Å². The molecule has 3 rings (SSSR count). The first-order valence-corrected chi connectivity index (χ1v) is 13.1. The highest BCUT2D eigenvalue weighted by atomic mass is 16.7. The van der Waals surface area contributed by atoms with Crippen molar-refractivity contribution in [2.75, 3.05) is 27.9 Å². The van der Waals surface area contributed by atoms with Gasteiger partial charge in [0, 0.05) is 27.7 Å².